The Morgan fingerprint density at radius 3 is 2.50 bits per heavy atom. The highest BCUT2D eigenvalue weighted by Crippen LogP contribution is 2.28. The smallest absolute Gasteiger partial charge is 0.337 e. The second-order valence-electron chi connectivity index (χ2n) is 4.02. The molecule has 2 rings (SSSR count). The second-order valence-corrected chi connectivity index (χ2v) is 5.34. The van der Waals surface area contributed by atoms with Crippen LogP contribution in [-0.2, 0) is 0 Å². The van der Waals surface area contributed by atoms with Gasteiger partial charge in [0.1, 0.15) is 0 Å². The lowest BCUT2D eigenvalue weighted by Gasteiger charge is -2.11. The molecule has 0 amide bonds. The highest BCUT2D eigenvalue weighted by atomic mass is 79.9. The van der Waals surface area contributed by atoms with Gasteiger partial charge < -0.3 is 9.67 Å². The lowest BCUT2D eigenvalue weighted by Crippen LogP contribution is -2.03. The number of nitrogens with zero attached hydrogens (tertiary/aromatic N) is 1. The van der Waals surface area contributed by atoms with Crippen molar-refractivity contribution in [1.82, 2.24) is 4.57 Å². The summed E-state index contributed by atoms with van der Waals surface area (Å²) in [6, 6.07) is 7.17. The van der Waals surface area contributed by atoms with E-state index in [1.807, 2.05) is 23.6 Å². The largest absolute Gasteiger partial charge is 0.478 e. The zero-order chi connectivity index (χ0) is 13.4. The summed E-state index contributed by atoms with van der Waals surface area (Å²) in [5, 5.41) is 9.68. The fourth-order valence-electron chi connectivity index (χ4n) is 2.01. The number of hydrogen-bond acceptors (Lipinski definition) is 1. The summed E-state index contributed by atoms with van der Waals surface area (Å²) in [4.78, 5) is 11.1. The van der Waals surface area contributed by atoms with Gasteiger partial charge in [-0.05, 0) is 38.1 Å². The van der Waals surface area contributed by atoms with Gasteiger partial charge in [-0.2, -0.15) is 0 Å². The van der Waals surface area contributed by atoms with E-state index < -0.39 is 5.97 Å². The van der Waals surface area contributed by atoms with Crippen LogP contribution >= 0.6 is 27.5 Å². The average molecular weight is 329 g/mol. The van der Waals surface area contributed by atoms with Crippen LogP contribution in [-0.4, -0.2) is 15.6 Å². The molecule has 2 aromatic rings. The van der Waals surface area contributed by atoms with E-state index in [-0.39, 0.29) is 0 Å². The van der Waals surface area contributed by atoms with Crippen molar-refractivity contribution in [3.8, 4) is 5.69 Å². The van der Waals surface area contributed by atoms with E-state index in [2.05, 4.69) is 15.9 Å². The molecule has 0 fully saturated rings. The molecule has 0 aliphatic carbocycles. The van der Waals surface area contributed by atoms with Gasteiger partial charge in [-0.25, -0.2) is 4.79 Å². The third-order valence-electron chi connectivity index (χ3n) is 2.81. The predicted octanol–water partition coefficient (Wildman–Crippen LogP) is 4.21. The topological polar surface area (TPSA) is 42.2 Å². The van der Waals surface area contributed by atoms with Crippen molar-refractivity contribution in [3.05, 3.63) is 50.7 Å². The number of halogens is 2. The van der Waals surface area contributed by atoms with Gasteiger partial charge >= 0.3 is 5.97 Å². The number of carboxylic acid groups (broad SMARTS) is 1. The number of aryl methyl sites for hydroxylation is 1. The van der Waals surface area contributed by atoms with Crippen molar-refractivity contribution in [2.24, 2.45) is 0 Å². The molecule has 0 aliphatic rings. The Bertz CT molecular complexity index is 634. The molecule has 5 heteroatoms. The summed E-state index contributed by atoms with van der Waals surface area (Å²) in [6.07, 6.45) is 0. The average Bonchev–Trinajstić information content (AvgIpc) is 2.56. The van der Waals surface area contributed by atoms with E-state index in [4.69, 9.17) is 16.7 Å². The molecule has 3 nitrogen and oxygen atoms in total. The molecule has 18 heavy (non-hydrogen) atoms. The van der Waals surface area contributed by atoms with Gasteiger partial charge in [-0.1, -0.05) is 27.5 Å². The van der Waals surface area contributed by atoms with Crippen molar-refractivity contribution in [1.29, 1.82) is 0 Å². The second kappa shape index (κ2) is 4.78. The van der Waals surface area contributed by atoms with Crippen LogP contribution in [0.1, 0.15) is 21.7 Å². The van der Waals surface area contributed by atoms with E-state index in [0.29, 0.717) is 16.3 Å². The standard InChI is InChI=1S/C13H11BrClNO2/c1-7-5-10(13(17)18)8(2)16(7)12-4-3-9(14)6-11(12)15/h3-6H,1-2H3,(H,17,18). The van der Waals surface area contributed by atoms with E-state index >= 15 is 0 Å². The minimum absolute atomic E-state index is 0.298. The minimum Gasteiger partial charge on any atom is -0.478 e. The molecule has 0 radical (unpaired) electrons. The summed E-state index contributed by atoms with van der Waals surface area (Å²) in [5.41, 5.74) is 2.59. The summed E-state index contributed by atoms with van der Waals surface area (Å²) in [7, 11) is 0. The lowest BCUT2D eigenvalue weighted by molar-refractivity contribution is 0.0696. The van der Waals surface area contributed by atoms with Gasteiger partial charge in [0.15, 0.2) is 0 Å². The van der Waals surface area contributed by atoms with Crippen LogP contribution < -0.4 is 0 Å². The number of hydrogen-bond donors (Lipinski definition) is 1. The quantitative estimate of drug-likeness (QED) is 0.897. The monoisotopic (exact) mass is 327 g/mol. The molecule has 94 valence electrons. The summed E-state index contributed by atoms with van der Waals surface area (Å²) < 4.78 is 2.73. The van der Waals surface area contributed by atoms with Gasteiger partial charge in [-0.3, -0.25) is 0 Å². The summed E-state index contributed by atoms with van der Waals surface area (Å²) in [5.74, 6) is -0.928. The Morgan fingerprint density at radius 1 is 1.33 bits per heavy atom. The number of carboxylic acids is 1. The molecular formula is C13H11BrClNO2. The van der Waals surface area contributed by atoms with E-state index in [1.54, 1.807) is 19.1 Å². The first-order valence-electron chi connectivity index (χ1n) is 5.29. The number of rotatable bonds is 2. The highest BCUT2D eigenvalue weighted by Gasteiger charge is 2.17. The molecule has 0 saturated heterocycles. The zero-order valence-corrected chi connectivity index (χ0v) is 12.2. The zero-order valence-electron chi connectivity index (χ0n) is 9.87. The molecule has 0 unspecified atom stereocenters. The number of benzene rings is 1. The maximum absolute atomic E-state index is 11.1. The molecule has 1 heterocycles. The molecule has 0 atom stereocenters. The Morgan fingerprint density at radius 2 is 2.00 bits per heavy atom. The Hall–Kier alpha value is -1.26. The van der Waals surface area contributed by atoms with Crippen LogP contribution in [0.25, 0.3) is 5.69 Å². The van der Waals surface area contributed by atoms with Crippen LogP contribution in [0.4, 0.5) is 0 Å². The molecule has 0 bridgehead atoms. The highest BCUT2D eigenvalue weighted by molar-refractivity contribution is 9.10. The fraction of sp³-hybridized carbons (Fsp3) is 0.154. The maximum atomic E-state index is 11.1. The van der Waals surface area contributed by atoms with Crippen LogP contribution in [0.3, 0.4) is 0 Å². The number of carbonyl (C=O) groups is 1. The van der Waals surface area contributed by atoms with Crippen molar-refractivity contribution in [2.75, 3.05) is 0 Å². The van der Waals surface area contributed by atoms with Crippen molar-refractivity contribution in [3.63, 3.8) is 0 Å². The van der Waals surface area contributed by atoms with Crippen molar-refractivity contribution in [2.45, 2.75) is 13.8 Å². The number of aromatic carboxylic acids is 1. The first-order valence-corrected chi connectivity index (χ1v) is 6.46. The minimum atomic E-state index is -0.928. The molecule has 1 aromatic carbocycles. The van der Waals surface area contributed by atoms with Crippen LogP contribution in [0.15, 0.2) is 28.7 Å². The Labute approximate surface area is 118 Å². The summed E-state index contributed by atoms with van der Waals surface area (Å²) in [6.45, 7) is 3.63. The van der Waals surface area contributed by atoms with Crippen molar-refractivity contribution >= 4 is 33.5 Å². The summed E-state index contributed by atoms with van der Waals surface area (Å²) >= 11 is 9.55. The Kier molecular flexibility index (Phi) is 3.50. The molecule has 0 saturated carbocycles. The molecule has 1 N–H and O–H groups in total. The first kappa shape index (κ1) is 13.2. The maximum Gasteiger partial charge on any atom is 0.337 e. The Balaban J connectivity index is 2.68. The molecular weight excluding hydrogens is 318 g/mol. The fourth-order valence-corrected chi connectivity index (χ4v) is 2.77. The first-order chi connectivity index (χ1) is 8.41. The number of aromatic nitrogens is 1. The van der Waals surface area contributed by atoms with Crippen LogP contribution in [0.2, 0.25) is 5.02 Å². The van der Waals surface area contributed by atoms with E-state index in [9.17, 15) is 4.79 Å². The van der Waals surface area contributed by atoms with Gasteiger partial charge in [0.2, 0.25) is 0 Å². The van der Waals surface area contributed by atoms with Crippen LogP contribution in [0.5, 0.6) is 0 Å². The molecule has 0 aliphatic heterocycles. The third kappa shape index (κ3) is 2.18. The van der Waals surface area contributed by atoms with Crippen LogP contribution in [0, 0.1) is 13.8 Å². The normalized spacial score (nSPS) is 10.7. The van der Waals surface area contributed by atoms with Crippen molar-refractivity contribution < 1.29 is 9.90 Å². The SMILES string of the molecule is Cc1cc(C(=O)O)c(C)n1-c1ccc(Br)cc1Cl. The third-order valence-corrected chi connectivity index (χ3v) is 3.61. The van der Waals surface area contributed by atoms with Gasteiger partial charge in [-0.15, -0.1) is 0 Å². The molecule has 0 spiro atoms. The predicted molar refractivity (Wildman–Crippen MR) is 74.9 cm³/mol. The van der Waals surface area contributed by atoms with Gasteiger partial charge in [0, 0.05) is 15.9 Å². The van der Waals surface area contributed by atoms with Gasteiger partial charge in [0.25, 0.3) is 0 Å². The molecule has 1 aromatic heterocycles. The lowest BCUT2D eigenvalue weighted by atomic mass is 10.2. The van der Waals surface area contributed by atoms with E-state index in [1.165, 1.54) is 0 Å². The van der Waals surface area contributed by atoms with Gasteiger partial charge in [0.05, 0.1) is 16.3 Å². The van der Waals surface area contributed by atoms with E-state index in [0.717, 1.165) is 15.9 Å².